The summed E-state index contributed by atoms with van der Waals surface area (Å²) in [6.07, 6.45) is 1.79. The number of thioether (sulfide) groups is 1. The minimum atomic E-state index is -0.202. The van der Waals surface area contributed by atoms with Crippen LogP contribution in [-0.4, -0.2) is 38.3 Å². The van der Waals surface area contributed by atoms with Crippen molar-refractivity contribution in [2.75, 3.05) is 32.0 Å². The van der Waals surface area contributed by atoms with Crippen LogP contribution < -0.4 is 0 Å². The highest BCUT2D eigenvalue weighted by Crippen LogP contribution is 1.99. The van der Waals surface area contributed by atoms with Gasteiger partial charge in [-0.15, -0.1) is 11.8 Å². The van der Waals surface area contributed by atoms with Crippen LogP contribution in [0, 0.1) is 0 Å². The summed E-state index contributed by atoms with van der Waals surface area (Å²) in [6.45, 7) is 5.73. The molecule has 0 aliphatic rings. The average molecular weight is 194 g/mol. The zero-order valence-electron chi connectivity index (χ0n) is 8.04. The normalized spacial score (nSPS) is 11.0. The second-order valence-corrected chi connectivity index (χ2v) is 2.93. The monoisotopic (exact) mass is 194 g/mol. The van der Waals surface area contributed by atoms with E-state index in [9.17, 15) is 0 Å². The van der Waals surface area contributed by atoms with E-state index in [0.29, 0.717) is 25.8 Å². The third-order valence-corrected chi connectivity index (χ3v) is 1.56. The Labute approximate surface area is 78.8 Å². The number of hydrogen-bond acceptors (Lipinski definition) is 4. The molecule has 4 heteroatoms. The third kappa shape index (κ3) is 6.91. The second-order valence-electron chi connectivity index (χ2n) is 2.12. The first-order chi connectivity index (χ1) is 5.85. The van der Waals surface area contributed by atoms with Crippen LogP contribution in [-0.2, 0) is 14.2 Å². The molecule has 0 unspecified atom stereocenters. The van der Waals surface area contributed by atoms with Crippen molar-refractivity contribution < 1.29 is 14.2 Å². The summed E-state index contributed by atoms with van der Waals surface area (Å²) >= 11 is 1.65. The van der Waals surface area contributed by atoms with Gasteiger partial charge in [-0.05, 0) is 20.1 Å². The molecule has 0 spiro atoms. The molecule has 0 aromatic rings. The van der Waals surface area contributed by atoms with Crippen molar-refractivity contribution >= 4 is 11.8 Å². The molecule has 0 rings (SSSR count). The molecule has 0 heterocycles. The molecular formula is C8H18O3S. The maximum absolute atomic E-state index is 5.27. The molecule has 0 amide bonds. The lowest BCUT2D eigenvalue weighted by atomic mass is 10.6. The lowest BCUT2D eigenvalue weighted by Crippen LogP contribution is -2.23. The summed E-state index contributed by atoms with van der Waals surface area (Å²) in [7, 11) is 0. The van der Waals surface area contributed by atoms with Crippen molar-refractivity contribution in [3.8, 4) is 0 Å². The van der Waals surface area contributed by atoms with E-state index in [4.69, 9.17) is 14.2 Å². The Hall–Kier alpha value is 0.230. The lowest BCUT2D eigenvalue weighted by molar-refractivity contribution is -0.163. The predicted octanol–water partition coefficient (Wildman–Crippen LogP) is 1.72. The number of ether oxygens (including phenoxy) is 3. The van der Waals surface area contributed by atoms with E-state index in [-0.39, 0.29) is 6.29 Å². The van der Waals surface area contributed by atoms with Crippen LogP contribution in [0.25, 0.3) is 0 Å². The molecule has 0 saturated heterocycles. The van der Waals surface area contributed by atoms with Crippen molar-refractivity contribution in [3.63, 3.8) is 0 Å². The van der Waals surface area contributed by atoms with Gasteiger partial charge in [-0.3, -0.25) is 0 Å². The van der Waals surface area contributed by atoms with Gasteiger partial charge in [0.2, 0.25) is 0 Å². The Morgan fingerprint density at radius 2 is 1.75 bits per heavy atom. The molecule has 74 valence electrons. The van der Waals surface area contributed by atoms with Crippen LogP contribution in [0.2, 0.25) is 0 Å². The Morgan fingerprint density at radius 3 is 2.17 bits per heavy atom. The first kappa shape index (κ1) is 12.2. The molecule has 0 saturated carbocycles. The summed E-state index contributed by atoms with van der Waals surface area (Å²) in [5.41, 5.74) is 0. The fraction of sp³-hybridized carbons (Fsp3) is 1.00. The SMILES string of the molecule is CCOC(COCSC)OCC. The molecule has 12 heavy (non-hydrogen) atoms. The Balaban J connectivity index is 3.34. The smallest absolute Gasteiger partial charge is 0.180 e. The van der Waals surface area contributed by atoms with Gasteiger partial charge in [-0.25, -0.2) is 0 Å². The van der Waals surface area contributed by atoms with E-state index in [2.05, 4.69) is 0 Å². The summed E-state index contributed by atoms with van der Waals surface area (Å²) in [5, 5.41) is 0. The largest absolute Gasteiger partial charge is 0.366 e. The van der Waals surface area contributed by atoms with Crippen molar-refractivity contribution in [3.05, 3.63) is 0 Å². The van der Waals surface area contributed by atoms with Gasteiger partial charge in [-0.2, -0.15) is 0 Å². The van der Waals surface area contributed by atoms with Crippen LogP contribution in [0.3, 0.4) is 0 Å². The van der Waals surface area contributed by atoms with E-state index in [0.717, 1.165) is 0 Å². The maximum Gasteiger partial charge on any atom is 0.180 e. The molecule has 0 aromatic carbocycles. The zero-order chi connectivity index (χ0) is 9.23. The predicted molar refractivity (Wildman–Crippen MR) is 51.4 cm³/mol. The summed E-state index contributed by atoms with van der Waals surface area (Å²) < 4.78 is 15.8. The van der Waals surface area contributed by atoms with Gasteiger partial charge in [0.1, 0.15) is 0 Å². The minimum Gasteiger partial charge on any atom is -0.366 e. The maximum atomic E-state index is 5.27. The highest BCUT2D eigenvalue weighted by atomic mass is 32.2. The van der Waals surface area contributed by atoms with Gasteiger partial charge in [-0.1, -0.05) is 0 Å². The first-order valence-corrected chi connectivity index (χ1v) is 5.54. The topological polar surface area (TPSA) is 27.7 Å². The van der Waals surface area contributed by atoms with Crippen molar-refractivity contribution in [2.45, 2.75) is 20.1 Å². The fourth-order valence-corrected chi connectivity index (χ4v) is 1.01. The molecule has 0 aliphatic carbocycles. The van der Waals surface area contributed by atoms with Gasteiger partial charge >= 0.3 is 0 Å². The van der Waals surface area contributed by atoms with Gasteiger partial charge < -0.3 is 14.2 Å². The van der Waals surface area contributed by atoms with Gasteiger partial charge in [0.25, 0.3) is 0 Å². The Morgan fingerprint density at radius 1 is 1.17 bits per heavy atom. The fourth-order valence-electron chi connectivity index (χ4n) is 0.744. The van der Waals surface area contributed by atoms with Crippen LogP contribution in [0.1, 0.15) is 13.8 Å². The molecule has 0 aliphatic heterocycles. The van der Waals surface area contributed by atoms with Crippen LogP contribution in [0.15, 0.2) is 0 Å². The Kier molecular flexibility index (Phi) is 9.50. The summed E-state index contributed by atoms with van der Waals surface area (Å²) in [6, 6.07) is 0. The molecule has 3 nitrogen and oxygen atoms in total. The van der Waals surface area contributed by atoms with E-state index < -0.39 is 0 Å². The van der Waals surface area contributed by atoms with E-state index >= 15 is 0 Å². The minimum absolute atomic E-state index is 0.202. The quantitative estimate of drug-likeness (QED) is 0.434. The molecule has 0 atom stereocenters. The van der Waals surface area contributed by atoms with E-state index in [1.54, 1.807) is 11.8 Å². The van der Waals surface area contributed by atoms with E-state index in [1.165, 1.54) is 0 Å². The highest BCUT2D eigenvalue weighted by molar-refractivity contribution is 7.98. The first-order valence-electron chi connectivity index (χ1n) is 4.15. The summed E-state index contributed by atoms with van der Waals surface area (Å²) in [5.74, 6) is 0.691. The highest BCUT2D eigenvalue weighted by Gasteiger charge is 2.06. The molecular weight excluding hydrogens is 176 g/mol. The summed E-state index contributed by atoms with van der Waals surface area (Å²) in [4.78, 5) is 0. The Bertz CT molecular complexity index is 84.4. The molecule has 0 radical (unpaired) electrons. The third-order valence-electron chi connectivity index (χ3n) is 1.16. The number of rotatable bonds is 8. The lowest BCUT2D eigenvalue weighted by Gasteiger charge is -2.16. The van der Waals surface area contributed by atoms with Crippen LogP contribution >= 0.6 is 11.8 Å². The molecule has 0 aromatic heterocycles. The second kappa shape index (κ2) is 9.32. The van der Waals surface area contributed by atoms with Gasteiger partial charge in [0, 0.05) is 13.2 Å². The van der Waals surface area contributed by atoms with Crippen molar-refractivity contribution in [2.24, 2.45) is 0 Å². The van der Waals surface area contributed by atoms with Crippen molar-refractivity contribution in [1.82, 2.24) is 0 Å². The average Bonchev–Trinajstić information content (AvgIpc) is 2.06. The zero-order valence-corrected chi connectivity index (χ0v) is 8.86. The van der Waals surface area contributed by atoms with Crippen LogP contribution in [0.4, 0.5) is 0 Å². The van der Waals surface area contributed by atoms with Crippen LogP contribution in [0.5, 0.6) is 0 Å². The molecule has 0 fully saturated rings. The molecule has 0 bridgehead atoms. The standard InChI is InChI=1S/C8H18O3S/c1-4-10-8(11-5-2)6-9-7-12-3/h8H,4-7H2,1-3H3. The van der Waals surface area contributed by atoms with Gasteiger partial charge in [0.15, 0.2) is 6.29 Å². The van der Waals surface area contributed by atoms with Crippen molar-refractivity contribution in [1.29, 1.82) is 0 Å². The van der Waals surface area contributed by atoms with Gasteiger partial charge in [0.05, 0.1) is 12.5 Å². The number of hydrogen-bond donors (Lipinski definition) is 0. The van der Waals surface area contributed by atoms with E-state index in [1.807, 2.05) is 20.1 Å². The molecule has 0 N–H and O–H groups in total.